The van der Waals surface area contributed by atoms with Crippen LogP contribution in [0.2, 0.25) is 0 Å². The van der Waals surface area contributed by atoms with Crippen LogP contribution in [0.15, 0.2) is 72.8 Å². The van der Waals surface area contributed by atoms with Crippen molar-refractivity contribution in [3.63, 3.8) is 0 Å². The molecule has 3 aromatic carbocycles. The third kappa shape index (κ3) is 6.13. The third-order valence-corrected chi connectivity index (χ3v) is 8.49. The van der Waals surface area contributed by atoms with Crippen LogP contribution in [0.3, 0.4) is 0 Å². The van der Waals surface area contributed by atoms with Crippen LogP contribution in [0.4, 0.5) is 0 Å². The zero-order chi connectivity index (χ0) is 29.1. The summed E-state index contributed by atoms with van der Waals surface area (Å²) in [5.74, 6) is 0.107. The fraction of sp³-hybridized carbons (Fsp3) is 0.394. The molecule has 2 amide bonds. The summed E-state index contributed by atoms with van der Waals surface area (Å²) in [5, 5.41) is 23.9. The molecule has 9 nitrogen and oxygen atoms in total. The molecule has 3 aromatic rings. The second kappa shape index (κ2) is 12.5. The van der Waals surface area contributed by atoms with Crippen molar-refractivity contribution >= 4 is 11.8 Å². The molecule has 2 fully saturated rings. The van der Waals surface area contributed by atoms with Gasteiger partial charge in [-0.3, -0.25) is 14.5 Å². The molecule has 0 saturated carbocycles. The minimum Gasteiger partial charge on any atom is -0.508 e. The molecule has 0 aliphatic carbocycles. The smallest absolute Gasteiger partial charge is 0.258 e. The lowest BCUT2D eigenvalue weighted by molar-refractivity contribution is -0.135. The van der Waals surface area contributed by atoms with E-state index in [1.54, 1.807) is 23.1 Å². The molecule has 9 heteroatoms. The number of phenols is 1. The largest absolute Gasteiger partial charge is 0.508 e. The molecule has 3 aliphatic heterocycles. The molecule has 4 atom stereocenters. The van der Waals surface area contributed by atoms with E-state index in [1.165, 1.54) is 0 Å². The predicted molar refractivity (Wildman–Crippen MR) is 157 cm³/mol. The standard InChI is InChI=1S/C33H37N3O6/c37-28-9-5-4-8-24(28)20-35-15-16-36-27(21-35)32(39)34-19-31-29(38)13-11-25(42-31)14-17-41-30-18-23(10-12-26(30)33(36)40)22-6-2-1-3-7-22/h1-10,12,18,25,27,29,31,37-38H,11,13-17,19-21H2,(H,34,39)/t25-,27-,29-,31+/m0/s1. The van der Waals surface area contributed by atoms with Crippen LogP contribution in [-0.2, 0) is 16.1 Å². The van der Waals surface area contributed by atoms with Crippen molar-refractivity contribution in [3.8, 4) is 22.6 Å². The third-order valence-electron chi connectivity index (χ3n) is 8.49. The topological polar surface area (TPSA) is 112 Å². The molecule has 2 bridgehead atoms. The number of para-hydroxylation sites is 1. The number of aliphatic hydroxyl groups is 1. The van der Waals surface area contributed by atoms with E-state index in [-0.39, 0.29) is 30.2 Å². The van der Waals surface area contributed by atoms with Crippen LogP contribution in [0.5, 0.6) is 11.5 Å². The predicted octanol–water partition coefficient (Wildman–Crippen LogP) is 3.19. The molecular formula is C33H37N3O6. The maximum Gasteiger partial charge on any atom is 0.258 e. The minimum atomic E-state index is -0.779. The number of ether oxygens (including phenoxy) is 2. The first-order valence-electron chi connectivity index (χ1n) is 14.7. The van der Waals surface area contributed by atoms with Gasteiger partial charge in [0.05, 0.1) is 24.4 Å². The zero-order valence-corrected chi connectivity index (χ0v) is 23.5. The lowest BCUT2D eigenvalue weighted by Gasteiger charge is -2.41. The second-order valence-corrected chi connectivity index (χ2v) is 11.3. The molecule has 0 spiro atoms. The van der Waals surface area contributed by atoms with Crippen LogP contribution in [0.25, 0.3) is 11.1 Å². The quantitative estimate of drug-likeness (QED) is 0.443. The van der Waals surface area contributed by atoms with Crippen molar-refractivity contribution in [1.82, 2.24) is 15.1 Å². The SMILES string of the molecule is O=C1NC[C@H]2O[C@H](CCOc3cc(-c4ccccc4)ccc3C(=O)N3CCN(Cc4ccccc4O)C[C@@H]13)CC[C@@H]2O. The lowest BCUT2D eigenvalue weighted by atomic mass is 9.98. The number of phenolic OH excluding ortho intramolecular Hbond substituents is 1. The fourth-order valence-electron chi connectivity index (χ4n) is 6.08. The summed E-state index contributed by atoms with van der Waals surface area (Å²) in [6.07, 6.45) is 0.567. The number of hydrogen-bond donors (Lipinski definition) is 3. The summed E-state index contributed by atoms with van der Waals surface area (Å²) in [6.45, 7) is 2.12. The maximum absolute atomic E-state index is 14.1. The van der Waals surface area contributed by atoms with E-state index in [4.69, 9.17) is 9.47 Å². The minimum absolute atomic E-state index is 0.116. The van der Waals surface area contributed by atoms with E-state index in [2.05, 4.69) is 10.2 Å². The number of nitrogens with zero attached hydrogens (tertiary/aromatic N) is 2. The van der Waals surface area contributed by atoms with Gasteiger partial charge in [0.1, 0.15) is 23.6 Å². The Morgan fingerprint density at radius 3 is 2.55 bits per heavy atom. The van der Waals surface area contributed by atoms with Crippen LogP contribution in [0.1, 0.15) is 35.2 Å². The summed E-state index contributed by atoms with van der Waals surface area (Å²) in [5.41, 5.74) is 3.12. The molecule has 6 rings (SSSR count). The number of aromatic hydroxyl groups is 1. The number of amides is 2. The molecule has 3 aliphatic rings. The van der Waals surface area contributed by atoms with E-state index in [1.807, 2.05) is 54.6 Å². The number of hydrogen-bond acceptors (Lipinski definition) is 7. The highest BCUT2D eigenvalue weighted by atomic mass is 16.5. The molecule has 0 aromatic heterocycles. The normalized spacial score (nSPS) is 25.4. The van der Waals surface area contributed by atoms with Gasteiger partial charge in [-0.15, -0.1) is 0 Å². The van der Waals surface area contributed by atoms with Gasteiger partial charge in [-0.2, -0.15) is 0 Å². The number of carbonyl (C=O) groups excluding carboxylic acids is 2. The highest BCUT2D eigenvalue weighted by Crippen LogP contribution is 2.31. The monoisotopic (exact) mass is 571 g/mol. The molecule has 3 heterocycles. The Kier molecular flexibility index (Phi) is 8.41. The molecule has 42 heavy (non-hydrogen) atoms. The molecule has 3 N–H and O–H groups in total. The van der Waals surface area contributed by atoms with Gasteiger partial charge in [0.15, 0.2) is 0 Å². The van der Waals surface area contributed by atoms with Crippen LogP contribution < -0.4 is 10.1 Å². The van der Waals surface area contributed by atoms with Gasteiger partial charge in [-0.25, -0.2) is 0 Å². The zero-order valence-electron chi connectivity index (χ0n) is 23.5. The number of benzene rings is 3. The highest BCUT2D eigenvalue weighted by Gasteiger charge is 2.38. The number of piperazine rings is 1. The van der Waals surface area contributed by atoms with Gasteiger partial charge >= 0.3 is 0 Å². The van der Waals surface area contributed by atoms with E-state index in [9.17, 15) is 19.8 Å². The summed E-state index contributed by atoms with van der Waals surface area (Å²) in [4.78, 5) is 31.5. The Balaban J connectivity index is 1.32. The Morgan fingerprint density at radius 2 is 1.71 bits per heavy atom. The van der Waals surface area contributed by atoms with Gasteiger partial charge < -0.3 is 29.9 Å². The Hall–Kier alpha value is -3.92. The van der Waals surface area contributed by atoms with Crippen molar-refractivity contribution in [2.75, 3.05) is 32.8 Å². The van der Waals surface area contributed by atoms with E-state index < -0.39 is 18.2 Å². The second-order valence-electron chi connectivity index (χ2n) is 11.3. The van der Waals surface area contributed by atoms with Crippen molar-refractivity contribution in [3.05, 3.63) is 83.9 Å². The van der Waals surface area contributed by atoms with Crippen molar-refractivity contribution in [1.29, 1.82) is 0 Å². The maximum atomic E-state index is 14.1. The fourth-order valence-corrected chi connectivity index (χ4v) is 6.08. The Bertz CT molecular complexity index is 1420. The van der Waals surface area contributed by atoms with Crippen molar-refractivity contribution in [2.24, 2.45) is 0 Å². The van der Waals surface area contributed by atoms with E-state index >= 15 is 0 Å². The van der Waals surface area contributed by atoms with Gasteiger partial charge in [0.25, 0.3) is 5.91 Å². The lowest BCUT2D eigenvalue weighted by Crippen LogP contribution is -2.61. The average molecular weight is 572 g/mol. The van der Waals surface area contributed by atoms with E-state index in [0.717, 1.165) is 16.7 Å². The average Bonchev–Trinajstić information content (AvgIpc) is 3.02. The summed E-state index contributed by atoms with van der Waals surface area (Å²) in [7, 11) is 0. The molecule has 220 valence electrons. The molecule has 0 radical (unpaired) electrons. The van der Waals surface area contributed by atoms with E-state index in [0.29, 0.717) is 63.4 Å². The highest BCUT2D eigenvalue weighted by molar-refractivity contribution is 6.00. The molecule has 0 unspecified atom stereocenters. The number of aliphatic hydroxyl groups excluding tert-OH is 1. The summed E-state index contributed by atoms with van der Waals surface area (Å²) >= 11 is 0. The van der Waals surface area contributed by atoms with Crippen molar-refractivity contribution < 1.29 is 29.3 Å². The first kappa shape index (κ1) is 28.2. The number of rotatable bonds is 3. The van der Waals surface area contributed by atoms with Gasteiger partial charge in [0.2, 0.25) is 5.91 Å². The van der Waals surface area contributed by atoms with Crippen LogP contribution in [0, 0.1) is 0 Å². The van der Waals surface area contributed by atoms with Crippen molar-refractivity contribution in [2.45, 2.75) is 50.2 Å². The summed E-state index contributed by atoms with van der Waals surface area (Å²) in [6, 6.07) is 21.9. The number of carbonyl (C=O) groups is 2. The van der Waals surface area contributed by atoms with Gasteiger partial charge in [0, 0.05) is 44.7 Å². The van der Waals surface area contributed by atoms with Crippen LogP contribution in [-0.4, -0.2) is 89.0 Å². The number of fused-ring (bicyclic) bond motifs is 4. The van der Waals surface area contributed by atoms with Crippen LogP contribution >= 0.6 is 0 Å². The Labute approximate surface area is 245 Å². The van der Waals surface area contributed by atoms with Gasteiger partial charge in [-0.05, 0) is 42.2 Å². The first-order valence-corrected chi connectivity index (χ1v) is 14.7. The molecular weight excluding hydrogens is 534 g/mol. The van der Waals surface area contributed by atoms with Gasteiger partial charge in [-0.1, -0.05) is 54.6 Å². The Morgan fingerprint density at radius 1 is 0.905 bits per heavy atom. The first-order chi connectivity index (χ1) is 20.5. The number of nitrogens with one attached hydrogen (secondary N) is 1. The summed E-state index contributed by atoms with van der Waals surface area (Å²) < 4.78 is 12.5. The molecule has 2 saturated heterocycles.